The zero-order valence-corrected chi connectivity index (χ0v) is 18.7. The van der Waals surface area contributed by atoms with Gasteiger partial charge in [-0.15, -0.1) is 0 Å². The average Bonchev–Trinajstić information content (AvgIpc) is 2.81. The number of anilines is 1. The number of amides is 1. The van der Waals surface area contributed by atoms with Crippen LogP contribution < -0.4 is 10.1 Å². The molecule has 162 valence electrons. The fourth-order valence-corrected chi connectivity index (χ4v) is 4.35. The number of hydrogen-bond acceptors (Lipinski definition) is 3. The molecule has 4 nitrogen and oxygen atoms in total. The molecule has 2 unspecified atom stereocenters. The van der Waals surface area contributed by atoms with Gasteiger partial charge in [-0.1, -0.05) is 69.2 Å². The van der Waals surface area contributed by atoms with Gasteiger partial charge in [-0.25, -0.2) is 0 Å². The van der Waals surface area contributed by atoms with Gasteiger partial charge in [0.1, 0.15) is 11.9 Å². The maximum Gasteiger partial charge on any atom is 0.258 e. The monoisotopic (exact) mass is 416 g/mol. The van der Waals surface area contributed by atoms with Crippen molar-refractivity contribution in [1.29, 1.82) is 0 Å². The van der Waals surface area contributed by atoms with E-state index in [1.807, 2.05) is 29.2 Å². The van der Waals surface area contributed by atoms with E-state index < -0.39 is 0 Å². The summed E-state index contributed by atoms with van der Waals surface area (Å²) >= 11 is 0. The molecule has 2 atom stereocenters. The van der Waals surface area contributed by atoms with Gasteiger partial charge in [0.15, 0.2) is 0 Å². The Morgan fingerprint density at radius 2 is 1.77 bits per heavy atom. The summed E-state index contributed by atoms with van der Waals surface area (Å²) in [6.07, 6.45) is 3.92. The summed E-state index contributed by atoms with van der Waals surface area (Å²) in [5.41, 5.74) is 2.64. The van der Waals surface area contributed by atoms with Crippen molar-refractivity contribution in [2.45, 2.75) is 58.7 Å². The van der Waals surface area contributed by atoms with Crippen molar-refractivity contribution < 1.29 is 9.53 Å². The molecule has 1 amide bonds. The molecule has 0 aliphatic carbocycles. The van der Waals surface area contributed by atoms with Crippen LogP contribution in [0.15, 0.2) is 60.7 Å². The van der Waals surface area contributed by atoms with Crippen LogP contribution in [0.25, 0.3) is 10.8 Å². The van der Waals surface area contributed by atoms with Crippen molar-refractivity contribution in [2.24, 2.45) is 0 Å². The number of para-hydroxylation sites is 1. The molecule has 0 saturated heterocycles. The van der Waals surface area contributed by atoms with E-state index in [9.17, 15) is 4.79 Å². The topological polar surface area (TPSA) is 41.6 Å². The number of ether oxygens (including phenoxy) is 1. The number of nitrogens with zero attached hydrogens (tertiary/aromatic N) is 1. The first-order valence-corrected chi connectivity index (χ1v) is 11.5. The van der Waals surface area contributed by atoms with E-state index in [-0.39, 0.29) is 18.1 Å². The van der Waals surface area contributed by atoms with Gasteiger partial charge in [0, 0.05) is 17.3 Å². The van der Waals surface area contributed by atoms with Crippen LogP contribution in [-0.4, -0.2) is 23.5 Å². The quantitative estimate of drug-likeness (QED) is 0.412. The molecule has 0 bridgehead atoms. The highest BCUT2D eigenvalue weighted by Crippen LogP contribution is 2.41. The van der Waals surface area contributed by atoms with Gasteiger partial charge in [-0.05, 0) is 48.7 Å². The van der Waals surface area contributed by atoms with Crippen LogP contribution in [0.3, 0.4) is 0 Å². The Hall–Kier alpha value is -3.01. The molecule has 4 rings (SSSR count). The van der Waals surface area contributed by atoms with Gasteiger partial charge in [0.2, 0.25) is 0 Å². The van der Waals surface area contributed by atoms with E-state index in [2.05, 4.69) is 62.5 Å². The fourth-order valence-electron chi connectivity index (χ4n) is 4.35. The molecule has 0 spiro atoms. The molecule has 4 heteroatoms. The minimum absolute atomic E-state index is 0.0681. The van der Waals surface area contributed by atoms with Crippen LogP contribution in [0.2, 0.25) is 0 Å². The van der Waals surface area contributed by atoms with Crippen LogP contribution in [0.5, 0.6) is 5.75 Å². The molecule has 3 aromatic carbocycles. The normalized spacial score (nSPS) is 16.7. The molecular weight excluding hydrogens is 384 g/mol. The van der Waals surface area contributed by atoms with Gasteiger partial charge in [-0.3, -0.25) is 4.79 Å². The minimum Gasteiger partial charge on any atom is -0.493 e. The molecule has 1 N–H and O–H groups in total. The number of rotatable bonds is 8. The average molecular weight is 417 g/mol. The summed E-state index contributed by atoms with van der Waals surface area (Å²) in [7, 11) is 0. The zero-order chi connectivity index (χ0) is 21.8. The van der Waals surface area contributed by atoms with Crippen LogP contribution in [-0.2, 0) is 0 Å². The number of nitrogens with one attached hydrogen (secondary N) is 1. The Morgan fingerprint density at radius 3 is 2.58 bits per heavy atom. The summed E-state index contributed by atoms with van der Waals surface area (Å²) in [6, 6.07) is 20.4. The Kier molecular flexibility index (Phi) is 6.45. The smallest absolute Gasteiger partial charge is 0.258 e. The highest BCUT2D eigenvalue weighted by Gasteiger charge is 2.37. The van der Waals surface area contributed by atoms with E-state index in [1.54, 1.807) is 0 Å². The summed E-state index contributed by atoms with van der Waals surface area (Å²) in [5.74, 6) is 0.923. The lowest BCUT2D eigenvalue weighted by atomic mass is 9.96. The molecule has 31 heavy (non-hydrogen) atoms. The minimum atomic E-state index is -0.287. The lowest BCUT2D eigenvalue weighted by Gasteiger charge is -2.42. The van der Waals surface area contributed by atoms with Crippen LogP contribution in [0, 0.1) is 0 Å². The Balaban J connectivity index is 1.85. The van der Waals surface area contributed by atoms with E-state index in [1.165, 1.54) is 0 Å². The molecule has 3 aromatic rings. The second-order valence-electron chi connectivity index (χ2n) is 8.32. The second-order valence-corrected chi connectivity index (χ2v) is 8.32. The van der Waals surface area contributed by atoms with E-state index >= 15 is 0 Å². The van der Waals surface area contributed by atoms with Crippen molar-refractivity contribution in [3.05, 3.63) is 71.8 Å². The third kappa shape index (κ3) is 4.12. The SMILES string of the molecule is CCCCCOc1ccc2ccccc2c1C1Nc2ccccc2C(=O)N1C(C)CC. The van der Waals surface area contributed by atoms with Gasteiger partial charge < -0.3 is 15.0 Å². The van der Waals surface area contributed by atoms with Crippen molar-refractivity contribution >= 4 is 22.4 Å². The van der Waals surface area contributed by atoms with Crippen molar-refractivity contribution in [3.8, 4) is 5.75 Å². The molecular formula is C27H32N2O2. The van der Waals surface area contributed by atoms with E-state index in [0.717, 1.165) is 59.0 Å². The maximum absolute atomic E-state index is 13.6. The van der Waals surface area contributed by atoms with Crippen molar-refractivity contribution in [3.63, 3.8) is 0 Å². The lowest BCUT2D eigenvalue weighted by molar-refractivity contribution is 0.0592. The van der Waals surface area contributed by atoms with Crippen molar-refractivity contribution in [2.75, 3.05) is 11.9 Å². The number of carbonyl (C=O) groups excluding carboxylic acids is 1. The molecule has 0 saturated carbocycles. The predicted octanol–water partition coefficient (Wildman–Crippen LogP) is 6.77. The maximum atomic E-state index is 13.6. The Labute approximate surface area is 185 Å². The first-order chi connectivity index (χ1) is 15.2. The van der Waals surface area contributed by atoms with Crippen LogP contribution >= 0.6 is 0 Å². The molecule has 1 aliphatic heterocycles. The third-order valence-electron chi connectivity index (χ3n) is 6.24. The lowest BCUT2D eigenvalue weighted by Crippen LogP contribution is -2.47. The summed E-state index contributed by atoms with van der Waals surface area (Å²) in [5, 5.41) is 5.94. The molecule has 1 heterocycles. The van der Waals surface area contributed by atoms with Crippen LogP contribution in [0.4, 0.5) is 5.69 Å². The third-order valence-corrected chi connectivity index (χ3v) is 6.24. The largest absolute Gasteiger partial charge is 0.493 e. The van der Waals surface area contributed by atoms with Gasteiger partial charge in [-0.2, -0.15) is 0 Å². The zero-order valence-electron chi connectivity index (χ0n) is 18.7. The Morgan fingerprint density at radius 1 is 1.00 bits per heavy atom. The number of benzene rings is 3. The fraction of sp³-hybridized carbons (Fsp3) is 0.370. The summed E-state index contributed by atoms with van der Waals surface area (Å²) in [6.45, 7) is 7.12. The Bertz CT molecular complexity index is 1060. The van der Waals surface area contributed by atoms with E-state index in [4.69, 9.17) is 4.74 Å². The predicted molar refractivity (Wildman–Crippen MR) is 128 cm³/mol. The van der Waals surface area contributed by atoms with Gasteiger partial charge >= 0.3 is 0 Å². The first kappa shape index (κ1) is 21.2. The highest BCUT2D eigenvalue weighted by atomic mass is 16.5. The number of unbranched alkanes of at least 4 members (excludes halogenated alkanes) is 2. The molecule has 0 fully saturated rings. The molecule has 0 radical (unpaired) electrons. The first-order valence-electron chi connectivity index (χ1n) is 11.5. The number of hydrogen-bond donors (Lipinski definition) is 1. The molecule has 0 aromatic heterocycles. The summed E-state index contributed by atoms with van der Waals surface area (Å²) in [4.78, 5) is 15.6. The van der Waals surface area contributed by atoms with E-state index in [0.29, 0.717) is 6.61 Å². The standard InChI is InChI=1S/C27H32N2O2/c1-4-6-11-18-31-24-17-16-20-12-7-8-13-21(20)25(24)26-28-23-15-10-9-14-22(23)27(30)29(26)19(3)5-2/h7-10,12-17,19,26,28H,4-6,11,18H2,1-3H3. The molecule has 1 aliphatic rings. The van der Waals surface area contributed by atoms with Gasteiger partial charge in [0.05, 0.1) is 12.2 Å². The van der Waals surface area contributed by atoms with Crippen LogP contribution in [0.1, 0.15) is 68.5 Å². The number of fused-ring (bicyclic) bond motifs is 2. The number of carbonyl (C=O) groups is 1. The van der Waals surface area contributed by atoms with Gasteiger partial charge in [0.25, 0.3) is 5.91 Å². The van der Waals surface area contributed by atoms with Crippen molar-refractivity contribution in [1.82, 2.24) is 4.90 Å². The summed E-state index contributed by atoms with van der Waals surface area (Å²) < 4.78 is 6.31. The highest BCUT2D eigenvalue weighted by molar-refractivity contribution is 6.02. The second kappa shape index (κ2) is 9.42.